The Morgan fingerprint density at radius 1 is 0.971 bits per heavy atom. The van der Waals surface area contributed by atoms with Crippen LogP contribution >= 0.6 is 23.1 Å². The number of anilines is 2. The number of thioether (sulfide) groups is 1. The maximum atomic E-state index is 12.7. The number of thiazole rings is 1. The van der Waals surface area contributed by atoms with Gasteiger partial charge in [0.15, 0.2) is 5.13 Å². The maximum Gasteiger partial charge on any atom is 0.311 e. The van der Waals surface area contributed by atoms with Gasteiger partial charge >= 0.3 is 5.97 Å². The standard InChI is InChI=1S/C26H23N3O4S2/c1-2-33-24(31)14-21-15-35-26(28-21)29-23(30)16-34-22-9-5-8-20(13-22)27-25(32)19-11-10-17-6-3-4-7-18(17)12-19/h3-13,15H,2,14,16H2,1H3,(H,27,32)(H,28,29,30). The topological polar surface area (TPSA) is 97.4 Å². The van der Waals surface area contributed by atoms with Crippen LogP contribution in [0.5, 0.6) is 0 Å². The Morgan fingerprint density at radius 2 is 1.80 bits per heavy atom. The van der Waals surface area contributed by atoms with Crippen molar-refractivity contribution in [1.82, 2.24) is 4.98 Å². The highest BCUT2D eigenvalue weighted by Gasteiger charge is 2.12. The largest absolute Gasteiger partial charge is 0.466 e. The monoisotopic (exact) mass is 505 g/mol. The average molecular weight is 506 g/mol. The zero-order valence-corrected chi connectivity index (χ0v) is 20.6. The van der Waals surface area contributed by atoms with Gasteiger partial charge in [0.05, 0.1) is 24.5 Å². The minimum Gasteiger partial charge on any atom is -0.466 e. The summed E-state index contributed by atoms with van der Waals surface area (Å²) < 4.78 is 4.91. The zero-order chi connectivity index (χ0) is 24.6. The van der Waals surface area contributed by atoms with Crippen molar-refractivity contribution in [3.63, 3.8) is 0 Å². The van der Waals surface area contributed by atoms with Crippen LogP contribution in [0.4, 0.5) is 10.8 Å². The van der Waals surface area contributed by atoms with Gasteiger partial charge in [-0.25, -0.2) is 4.98 Å². The Labute approximate surface area is 210 Å². The fraction of sp³-hybridized carbons (Fsp3) is 0.154. The number of carbonyl (C=O) groups is 3. The second kappa shape index (κ2) is 11.6. The van der Waals surface area contributed by atoms with E-state index in [1.54, 1.807) is 18.4 Å². The van der Waals surface area contributed by atoms with Crippen molar-refractivity contribution < 1.29 is 19.1 Å². The van der Waals surface area contributed by atoms with E-state index in [2.05, 4.69) is 15.6 Å². The molecule has 35 heavy (non-hydrogen) atoms. The minimum atomic E-state index is -0.348. The number of aromatic nitrogens is 1. The van der Waals surface area contributed by atoms with Gasteiger partial charge in [0.1, 0.15) is 0 Å². The molecule has 0 radical (unpaired) electrons. The summed E-state index contributed by atoms with van der Waals surface area (Å²) in [4.78, 5) is 41.7. The quantitative estimate of drug-likeness (QED) is 0.234. The molecule has 0 unspecified atom stereocenters. The first-order valence-corrected chi connectivity index (χ1v) is 12.8. The summed E-state index contributed by atoms with van der Waals surface area (Å²) in [6.45, 7) is 2.06. The molecule has 7 nitrogen and oxygen atoms in total. The highest BCUT2D eigenvalue weighted by atomic mass is 32.2. The van der Waals surface area contributed by atoms with Crippen molar-refractivity contribution in [2.75, 3.05) is 23.0 Å². The van der Waals surface area contributed by atoms with E-state index in [-0.39, 0.29) is 30.0 Å². The highest BCUT2D eigenvalue weighted by Crippen LogP contribution is 2.24. The van der Waals surface area contributed by atoms with Gasteiger partial charge in [-0.15, -0.1) is 23.1 Å². The Kier molecular flexibility index (Phi) is 8.12. The van der Waals surface area contributed by atoms with Crippen molar-refractivity contribution in [2.24, 2.45) is 0 Å². The van der Waals surface area contributed by atoms with Crippen LogP contribution in [0.3, 0.4) is 0 Å². The number of benzene rings is 3. The summed E-state index contributed by atoms with van der Waals surface area (Å²) in [5, 5.41) is 9.91. The molecule has 178 valence electrons. The van der Waals surface area contributed by atoms with E-state index < -0.39 is 0 Å². The molecule has 0 bridgehead atoms. The van der Waals surface area contributed by atoms with Crippen LogP contribution in [0.15, 0.2) is 77.0 Å². The summed E-state index contributed by atoms with van der Waals surface area (Å²) in [7, 11) is 0. The van der Waals surface area contributed by atoms with E-state index in [0.29, 0.717) is 28.7 Å². The van der Waals surface area contributed by atoms with Crippen LogP contribution in [0.1, 0.15) is 23.0 Å². The van der Waals surface area contributed by atoms with E-state index >= 15 is 0 Å². The Morgan fingerprint density at radius 3 is 2.63 bits per heavy atom. The molecule has 0 aliphatic rings. The van der Waals surface area contributed by atoms with Gasteiger partial charge in [0, 0.05) is 21.5 Å². The van der Waals surface area contributed by atoms with Gasteiger partial charge in [0.25, 0.3) is 5.91 Å². The highest BCUT2D eigenvalue weighted by molar-refractivity contribution is 8.00. The lowest BCUT2D eigenvalue weighted by Crippen LogP contribution is -2.14. The first-order chi connectivity index (χ1) is 17.0. The maximum absolute atomic E-state index is 12.7. The Bertz CT molecular complexity index is 1370. The Hall–Kier alpha value is -3.69. The van der Waals surface area contributed by atoms with Crippen molar-refractivity contribution in [2.45, 2.75) is 18.2 Å². The predicted octanol–water partition coefficient (Wildman–Crippen LogP) is 5.39. The zero-order valence-electron chi connectivity index (χ0n) is 18.9. The SMILES string of the molecule is CCOC(=O)Cc1csc(NC(=O)CSc2cccc(NC(=O)c3ccc4ccccc4c3)c2)n1. The Balaban J connectivity index is 1.30. The number of fused-ring (bicyclic) bond motifs is 1. The molecule has 9 heteroatoms. The first-order valence-electron chi connectivity index (χ1n) is 10.9. The summed E-state index contributed by atoms with van der Waals surface area (Å²) in [6.07, 6.45) is 0.0761. The van der Waals surface area contributed by atoms with Crippen molar-refractivity contribution in [3.05, 3.63) is 83.4 Å². The van der Waals surface area contributed by atoms with Crippen molar-refractivity contribution in [3.8, 4) is 0 Å². The molecule has 0 atom stereocenters. The third-order valence-corrected chi connectivity index (χ3v) is 6.70. The van der Waals surface area contributed by atoms with Gasteiger partial charge in [0.2, 0.25) is 5.91 Å². The summed E-state index contributed by atoms with van der Waals surface area (Å²) >= 11 is 2.61. The molecular weight excluding hydrogens is 482 g/mol. The van der Waals surface area contributed by atoms with Crippen molar-refractivity contribution >= 4 is 62.5 Å². The lowest BCUT2D eigenvalue weighted by Gasteiger charge is -2.08. The van der Waals surface area contributed by atoms with Crippen LogP contribution in [-0.2, 0) is 20.7 Å². The molecule has 4 aromatic rings. The van der Waals surface area contributed by atoms with Gasteiger partial charge in [-0.1, -0.05) is 36.4 Å². The molecule has 0 fully saturated rings. The van der Waals surface area contributed by atoms with E-state index in [9.17, 15) is 14.4 Å². The molecule has 2 amide bonds. The molecule has 0 aliphatic carbocycles. The van der Waals surface area contributed by atoms with Crippen LogP contribution < -0.4 is 10.6 Å². The molecule has 1 heterocycles. The predicted molar refractivity (Wildman–Crippen MR) is 140 cm³/mol. The molecule has 2 N–H and O–H groups in total. The van der Waals surface area contributed by atoms with Gasteiger partial charge in [-0.3, -0.25) is 14.4 Å². The number of esters is 1. The normalized spacial score (nSPS) is 10.7. The summed E-state index contributed by atoms with van der Waals surface area (Å²) in [6, 6.07) is 20.8. The van der Waals surface area contributed by atoms with Crippen LogP contribution in [0.2, 0.25) is 0 Å². The smallest absolute Gasteiger partial charge is 0.311 e. The number of ether oxygens (including phenoxy) is 1. The van der Waals surface area contributed by atoms with Gasteiger partial charge in [-0.2, -0.15) is 0 Å². The number of hydrogen-bond acceptors (Lipinski definition) is 7. The molecule has 4 rings (SSSR count). The molecule has 1 aromatic heterocycles. The minimum absolute atomic E-state index is 0.0761. The van der Waals surface area contributed by atoms with Gasteiger partial charge < -0.3 is 15.4 Å². The fourth-order valence-corrected chi connectivity index (χ4v) is 4.79. The molecular formula is C26H23N3O4S2. The number of carbonyl (C=O) groups excluding carboxylic acids is 3. The van der Waals surface area contributed by atoms with E-state index in [1.807, 2.05) is 60.7 Å². The third-order valence-electron chi connectivity index (χ3n) is 4.90. The second-order valence-electron chi connectivity index (χ2n) is 7.51. The van der Waals surface area contributed by atoms with Gasteiger partial charge in [-0.05, 0) is 48.0 Å². The third kappa shape index (κ3) is 6.91. The molecule has 3 aromatic carbocycles. The molecule has 0 saturated heterocycles. The van der Waals surface area contributed by atoms with E-state index in [0.717, 1.165) is 15.7 Å². The molecule has 0 saturated carbocycles. The number of rotatable bonds is 9. The van der Waals surface area contributed by atoms with Crippen LogP contribution in [0, 0.1) is 0 Å². The number of amides is 2. The number of hydrogen-bond donors (Lipinski definition) is 2. The van der Waals surface area contributed by atoms with Crippen molar-refractivity contribution in [1.29, 1.82) is 0 Å². The van der Waals surface area contributed by atoms with Crippen LogP contribution in [0.25, 0.3) is 10.8 Å². The fourth-order valence-electron chi connectivity index (χ4n) is 3.31. The lowest BCUT2D eigenvalue weighted by molar-refractivity contribution is -0.142. The second-order valence-corrected chi connectivity index (χ2v) is 9.41. The number of nitrogens with one attached hydrogen (secondary N) is 2. The number of nitrogens with zero attached hydrogens (tertiary/aromatic N) is 1. The van der Waals surface area contributed by atoms with E-state index in [4.69, 9.17) is 4.74 Å². The van der Waals surface area contributed by atoms with E-state index in [1.165, 1.54) is 23.1 Å². The van der Waals surface area contributed by atoms with Crippen LogP contribution in [-0.4, -0.2) is 35.1 Å². The molecule has 0 aliphatic heterocycles. The average Bonchev–Trinajstić information content (AvgIpc) is 3.29. The first kappa shape index (κ1) is 24.4. The molecule has 0 spiro atoms. The summed E-state index contributed by atoms with van der Waals surface area (Å²) in [5.41, 5.74) is 1.79. The lowest BCUT2D eigenvalue weighted by atomic mass is 10.1. The summed E-state index contributed by atoms with van der Waals surface area (Å²) in [5.74, 6) is -0.580.